The lowest BCUT2D eigenvalue weighted by atomic mass is 9.87. The van der Waals surface area contributed by atoms with E-state index in [9.17, 15) is 0 Å². The first-order valence-corrected chi connectivity index (χ1v) is 9.81. The maximum absolute atomic E-state index is 6.04. The van der Waals surface area contributed by atoms with Gasteiger partial charge >= 0.3 is 0 Å². The summed E-state index contributed by atoms with van der Waals surface area (Å²) in [6, 6.07) is 10.1. The third-order valence-corrected chi connectivity index (χ3v) is 5.70. The van der Waals surface area contributed by atoms with Crippen molar-refractivity contribution in [2.45, 2.75) is 39.5 Å². The molecule has 3 unspecified atom stereocenters. The van der Waals surface area contributed by atoms with E-state index in [2.05, 4.69) is 32.1 Å². The Balaban J connectivity index is 1.39. The van der Waals surface area contributed by atoms with E-state index in [1.54, 1.807) is 0 Å². The van der Waals surface area contributed by atoms with E-state index >= 15 is 0 Å². The number of rotatable bonds is 6. The van der Waals surface area contributed by atoms with Crippen molar-refractivity contribution >= 4 is 0 Å². The molecule has 1 heterocycles. The zero-order chi connectivity index (χ0) is 17.9. The first-order valence-electron chi connectivity index (χ1n) is 9.81. The van der Waals surface area contributed by atoms with Gasteiger partial charge in [-0.25, -0.2) is 4.98 Å². The van der Waals surface area contributed by atoms with Crippen LogP contribution in [0.3, 0.4) is 0 Å². The van der Waals surface area contributed by atoms with Gasteiger partial charge in [-0.2, -0.15) is 0 Å². The Morgan fingerprint density at radius 2 is 2.04 bits per heavy atom. The van der Waals surface area contributed by atoms with Gasteiger partial charge in [-0.1, -0.05) is 38.1 Å². The van der Waals surface area contributed by atoms with E-state index in [4.69, 9.17) is 14.1 Å². The molecule has 1 aromatic heterocycles. The number of nitrogens with zero attached hydrogens (tertiary/aromatic N) is 1. The lowest BCUT2D eigenvalue weighted by Gasteiger charge is -2.21. The van der Waals surface area contributed by atoms with Gasteiger partial charge in [-0.3, -0.25) is 0 Å². The molecule has 0 spiro atoms. The minimum atomic E-state index is 0.636. The van der Waals surface area contributed by atoms with Crippen LogP contribution in [0.25, 0.3) is 11.5 Å². The smallest absolute Gasteiger partial charge is 0.226 e. The summed E-state index contributed by atoms with van der Waals surface area (Å²) in [5.41, 5.74) is 2.03. The summed E-state index contributed by atoms with van der Waals surface area (Å²) in [4.78, 5) is 4.71. The predicted molar refractivity (Wildman–Crippen MR) is 104 cm³/mol. The van der Waals surface area contributed by atoms with E-state index in [0.29, 0.717) is 24.3 Å². The van der Waals surface area contributed by atoms with Crippen LogP contribution in [0.1, 0.15) is 38.1 Å². The van der Waals surface area contributed by atoms with Crippen molar-refractivity contribution in [2.24, 2.45) is 17.8 Å². The lowest BCUT2D eigenvalue weighted by Crippen LogP contribution is -2.13. The van der Waals surface area contributed by atoms with E-state index < -0.39 is 0 Å². The summed E-state index contributed by atoms with van der Waals surface area (Å²) in [7, 11) is 0. The summed E-state index contributed by atoms with van der Waals surface area (Å²) in [6.45, 7) is 5.10. The van der Waals surface area contributed by atoms with Crippen molar-refractivity contribution in [1.82, 2.24) is 4.98 Å². The van der Waals surface area contributed by atoms with Crippen molar-refractivity contribution in [3.05, 3.63) is 65.8 Å². The van der Waals surface area contributed by atoms with Crippen LogP contribution in [-0.4, -0.2) is 11.6 Å². The molecule has 2 aliphatic rings. The molecule has 1 aromatic carbocycles. The highest BCUT2D eigenvalue weighted by Crippen LogP contribution is 2.41. The second-order valence-electron chi connectivity index (χ2n) is 7.43. The number of allylic oxidation sites excluding steroid dienone is 3. The molecule has 1 fully saturated rings. The molecule has 3 nitrogen and oxygen atoms in total. The fourth-order valence-corrected chi connectivity index (χ4v) is 4.18. The fourth-order valence-electron chi connectivity index (χ4n) is 4.18. The molecule has 2 aliphatic carbocycles. The van der Waals surface area contributed by atoms with E-state index in [1.165, 1.54) is 12.8 Å². The number of aromatic nitrogens is 1. The Bertz CT molecular complexity index is 803. The minimum Gasteiger partial charge on any atom is -0.494 e. The number of benzene rings is 1. The number of oxazole rings is 1. The van der Waals surface area contributed by atoms with Crippen molar-refractivity contribution in [1.29, 1.82) is 0 Å². The van der Waals surface area contributed by atoms with Crippen LogP contribution in [0.2, 0.25) is 0 Å². The SMILES string of the molecule is CCc1oc(-c2ccccc2)nc1CCOC1=CC2CCC(C)C2C=C1. The van der Waals surface area contributed by atoms with Gasteiger partial charge in [0.2, 0.25) is 5.89 Å². The Morgan fingerprint density at radius 3 is 2.85 bits per heavy atom. The standard InChI is InChI=1S/C23H27NO2/c1-3-22-21(24-23(26-22)17-7-5-4-6-8-17)13-14-25-19-11-12-20-16(2)9-10-18(20)15-19/h4-8,11-12,15-16,18,20H,3,9-10,13-14H2,1-2H3. The second kappa shape index (κ2) is 7.53. The average Bonchev–Trinajstić information content (AvgIpc) is 3.26. The Hall–Kier alpha value is -2.29. The molecule has 4 rings (SSSR count). The molecule has 0 saturated heterocycles. The fraction of sp³-hybridized carbons (Fsp3) is 0.435. The summed E-state index contributed by atoms with van der Waals surface area (Å²) >= 11 is 0. The van der Waals surface area contributed by atoms with Crippen molar-refractivity contribution in [2.75, 3.05) is 6.61 Å². The third-order valence-electron chi connectivity index (χ3n) is 5.70. The highest BCUT2D eigenvalue weighted by molar-refractivity contribution is 5.53. The number of fused-ring (bicyclic) bond motifs is 1. The molecule has 0 radical (unpaired) electrons. The monoisotopic (exact) mass is 349 g/mol. The van der Waals surface area contributed by atoms with Crippen LogP contribution in [0, 0.1) is 17.8 Å². The second-order valence-corrected chi connectivity index (χ2v) is 7.43. The highest BCUT2D eigenvalue weighted by Gasteiger charge is 2.32. The van der Waals surface area contributed by atoms with Crippen molar-refractivity contribution < 1.29 is 9.15 Å². The van der Waals surface area contributed by atoms with Crippen LogP contribution >= 0.6 is 0 Å². The quantitative estimate of drug-likeness (QED) is 0.683. The first kappa shape index (κ1) is 17.1. The van der Waals surface area contributed by atoms with Gasteiger partial charge in [0.05, 0.1) is 12.3 Å². The molecule has 3 atom stereocenters. The molecular weight excluding hydrogens is 322 g/mol. The minimum absolute atomic E-state index is 0.636. The number of hydrogen-bond acceptors (Lipinski definition) is 3. The van der Waals surface area contributed by atoms with Crippen LogP contribution in [0.5, 0.6) is 0 Å². The predicted octanol–water partition coefficient (Wildman–Crippen LogP) is 5.58. The molecule has 3 heteroatoms. The molecule has 26 heavy (non-hydrogen) atoms. The summed E-state index contributed by atoms with van der Waals surface area (Å²) in [5, 5.41) is 0. The maximum Gasteiger partial charge on any atom is 0.226 e. The van der Waals surface area contributed by atoms with Gasteiger partial charge in [0.1, 0.15) is 11.5 Å². The first-order chi connectivity index (χ1) is 12.7. The Morgan fingerprint density at radius 1 is 1.19 bits per heavy atom. The Kier molecular flexibility index (Phi) is 4.96. The Labute approximate surface area is 155 Å². The van der Waals surface area contributed by atoms with Gasteiger partial charge < -0.3 is 9.15 Å². The van der Waals surface area contributed by atoms with Crippen LogP contribution in [0.15, 0.2) is 58.7 Å². The molecule has 2 aromatic rings. The van der Waals surface area contributed by atoms with Crippen molar-refractivity contribution in [3.8, 4) is 11.5 Å². The van der Waals surface area contributed by atoms with Gasteiger partial charge in [-0.05, 0) is 54.9 Å². The molecule has 0 bridgehead atoms. The summed E-state index contributed by atoms with van der Waals surface area (Å²) in [6.07, 6.45) is 11.1. The molecule has 0 N–H and O–H groups in total. The molecule has 0 aliphatic heterocycles. The van der Waals surface area contributed by atoms with Crippen molar-refractivity contribution in [3.63, 3.8) is 0 Å². The molecule has 1 saturated carbocycles. The van der Waals surface area contributed by atoms with Gasteiger partial charge in [-0.15, -0.1) is 0 Å². The van der Waals surface area contributed by atoms with E-state index in [1.807, 2.05) is 30.3 Å². The topological polar surface area (TPSA) is 35.3 Å². The third kappa shape index (κ3) is 3.48. The molecule has 0 amide bonds. The summed E-state index contributed by atoms with van der Waals surface area (Å²) in [5.74, 6) is 4.85. The van der Waals surface area contributed by atoms with Crippen LogP contribution < -0.4 is 0 Å². The van der Waals surface area contributed by atoms with Crippen LogP contribution in [0.4, 0.5) is 0 Å². The number of aryl methyl sites for hydroxylation is 1. The lowest BCUT2D eigenvalue weighted by molar-refractivity contribution is 0.219. The van der Waals surface area contributed by atoms with Gasteiger partial charge in [0.15, 0.2) is 0 Å². The number of ether oxygens (including phenoxy) is 1. The molecular formula is C23H27NO2. The maximum atomic E-state index is 6.04. The van der Waals surface area contributed by atoms with E-state index in [0.717, 1.165) is 41.5 Å². The van der Waals surface area contributed by atoms with E-state index in [-0.39, 0.29) is 0 Å². The van der Waals surface area contributed by atoms with Gasteiger partial charge in [0.25, 0.3) is 0 Å². The summed E-state index contributed by atoms with van der Waals surface area (Å²) < 4.78 is 12.0. The van der Waals surface area contributed by atoms with Gasteiger partial charge in [0, 0.05) is 18.4 Å². The zero-order valence-corrected chi connectivity index (χ0v) is 15.7. The van der Waals surface area contributed by atoms with Crippen LogP contribution in [-0.2, 0) is 17.6 Å². The normalized spacial score (nSPS) is 24.4. The average molecular weight is 349 g/mol. The number of hydrogen-bond donors (Lipinski definition) is 0. The highest BCUT2D eigenvalue weighted by atomic mass is 16.5. The zero-order valence-electron chi connectivity index (χ0n) is 15.7. The largest absolute Gasteiger partial charge is 0.494 e. The molecule has 136 valence electrons.